The second-order valence-electron chi connectivity index (χ2n) is 9.21. The molecule has 7 rings (SSSR count). The fourth-order valence-electron chi connectivity index (χ4n) is 5.41. The third kappa shape index (κ3) is 2.82. The highest BCUT2D eigenvalue weighted by molar-refractivity contribution is 6.40. The summed E-state index contributed by atoms with van der Waals surface area (Å²) >= 11 is 6.98. The van der Waals surface area contributed by atoms with E-state index in [2.05, 4.69) is 103 Å². The molecule has 0 bridgehead atoms. The minimum Gasteiger partial charge on any atom is -0.454 e. The van der Waals surface area contributed by atoms with Gasteiger partial charge in [0, 0.05) is 27.4 Å². The fraction of sp³-hybridized carbons (Fsp3) is 0.0968. The standard InChI is InChI=1S/C31H22ClNO/c1-19-11-16-28-24(17-19)25-18-26(32)29-23-9-5-6-10-27(23)33(30(29)31(25)34-28)22-14-12-21(13-15-22)20-7-3-2-4-8-20/h2-16,18-19H,17H2,1H3. The van der Waals surface area contributed by atoms with Gasteiger partial charge in [-0.05, 0) is 53.8 Å². The Hall–Kier alpha value is -3.75. The van der Waals surface area contributed by atoms with Crippen LogP contribution in [0, 0.1) is 5.92 Å². The predicted octanol–water partition coefficient (Wildman–Crippen LogP) is 9.06. The molecule has 4 aromatic carbocycles. The zero-order valence-electron chi connectivity index (χ0n) is 18.8. The molecule has 1 aliphatic carbocycles. The van der Waals surface area contributed by atoms with Gasteiger partial charge in [0.2, 0.25) is 0 Å². The Morgan fingerprint density at radius 1 is 0.853 bits per heavy atom. The zero-order valence-corrected chi connectivity index (χ0v) is 19.5. The van der Waals surface area contributed by atoms with Crippen LogP contribution in [0.15, 0.2) is 95.4 Å². The normalized spacial score (nSPS) is 15.4. The van der Waals surface area contributed by atoms with Crippen molar-refractivity contribution in [3.63, 3.8) is 0 Å². The maximum Gasteiger partial charge on any atom is 0.159 e. The van der Waals surface area contributed by atoms with E-state index in [9.17, 15) is 0 Å². The Labute approximate surface area is 202 Å². The molecular formula is C31H22ClNO. The first-order valence-corrected chi connectivity index (χ1v) is 12.1. The number of benzene rings is 4. The molecule has 0 aliphatic heterocycles. The number of para-hydroxylation sites is 1. The summed E-state index contributed by atoms with van der Waals surface area (Å²) in [6.45, 7) is 2.24. The van der Waals surface area contributed by atoms with Crippen LogP contribution in [0.2, 0.25) is 5.02 Å². The van der Waals surface area contributed by atoms with Gasteiger partial charge in [-0.1, -0.05) is 85.3 Å². The number of hydrogen-bond acceptors (Lipinski definition) is 1. The Morgan fingerprint density at radius 3 is 2.41 bits per heavy atom. The van der Waals surface area contributed by atoms with Gasteiger partial charge in [-0.15, -0.1) is 0 Å². The van der Waals surface area contributed by atoms with Gasteiger partial charge in [0.25, 0.3) is 0 Å². The van der Waals surface area contributed by atoms with Crippen LogP contribution in [-0.4, -0.2) is 4.57 Å². The summed E-state index contributed by atoms with van der Waals surface area (Å²) in [6.07, 6.45) is 5.30. The molecular weight excluding hydrogens is 438 g/mol. The Kier molecular flexibility index (Phi) is 4.27. The minimum atomic E-state index is 0.485. The predicted molar refractivity (Wildman–Crippen MR) is 143 cm³/mol. The lowest BCUT2D eigenvalue weighted by molar-refractivity contribution is 0.585. The molecule has 0 spiro atoms. The second kappa shape index (κ2) is 7.38. The Bertz CT molecular complexity index is 1740. The van der Waals surface area contributed by atoms with Gasteiger partial charge in [-0.25, -0.2) is 0 Å². The van der Waals surface area contributed by atoms with Crippen molar-refractivity contribution in [2.45, 2.75) is 13.3 Å². The Morgan fingerprint density at radius 2 is 1.59 bits per heavy atom. The molecule has 34 heavy (non-hydrogen) atoms. The van der Waals surface area contributed by atoms with E-state index in [0.717, 1.165) is 55.7 Å². The van der Waals surface area contributed by atoms with E-state index in [0.29, 0.717) is 5.92 Å². The summed E-state index contributed by atoms with van der Waals surface area (Å²) in [5.41, 5.74) is 7.82. The van der Waals surface area contributed by atoms with Crippen molar-refractivity contribution in [1.82, 2.24) is 4.57 Å². The van der Waals surface area contributed by atoms with Crippen LogP contribution in [0.4, 0.5) is 0 Å². The molecule has 0 saturated heterocycles. The number of halogens is 1. The lowest BCUT2D eigenvalue weighted by Crippen LogP contribution is -2.00. The molecule has 0 N–H and O–H groups in total. The van der Waals surface area contributed by atoms with E-state index in [4.69, 9.17) is 16.0 Å². The Balaban J connectivity index is 1.55. The third-order valence-electron chi connectivity index (χ3n) is 7.01. The summed E-state index contributed by atoms with van der Waals surface area (Å²) < 4.78 is 8.83. The molecule has 2 aromatic heterocycles. The number of allylic oxidation sites excluding steroid dienone is 1. The molecule has 164 valence electrons. The van der Waals surface area contributed by atoms with Crippen molar-refractivity contribution < 1.29 is 4.42 Å². The number of fused-ring (bicyclic) bond motifs is 7. The zero-order chi connectivity index (χ0) is 22.8. The van der Waals surface area contributed by atoms with E-state index < -0.39 is 0 Å². The largest absolute Gasteiger partial charge is 0.454 e. The molecule has 0 radical (unpaired) electrons. The van der Waals surface area contributed by atoms with Crippen molar-refractivity contribution in [1.29, 1.82) is 0 Å². The monoisotopic (exact) mass is 459 g/mol. The fourth-order valence-corrected chi connectivity index (χ4v) is 5.71. The van der Waals surface area contributed by atoms with Gasteiger partial charge in [0.15, 0.2) is 5.58 Å². The van der Waals surface area contributed by atoms with Crippen LogP contribution in [0.1, 0.15) is 18.2 Å². The quantitative estimate of drug-likeness (QED) is 0.252. The molecule has 3 heteroatoms. The number of furan rings is 1. The smallest absolute Gasteiger partial charge is 0.159 e. The molecule has 1 atom stereocenters. The second-order valence-corrected chi connectivity index (χ2v) is 9.62. The number of hydrogen-bond donors (Lipinski definition) is 0. The van der Waals surface area contributed by atoms with Crippen molar-refractivity contribution >= 4 is 50.5 Å². The van der Waals surface area contributed by atoms with Crippen molar-refractivity contribution in [3.05, 3.63) is 107 Å². The van der Waals surface area contributed by atoms with Gasteiger partial charge < -0.3 is 8.98 Å². The third-order valence-corrected chi connectivity index (χ3v) is 7.31. The van der Waals surface area contributed by atoms with Crippen molar-refractivity contribution in [3.8, 4) is 16.8 Å². The van der Waals surface area contributed by atoms with Gasteiger partial charge >= 0.3 is 0 Å². The van der Waals surface area contributed by atoms with Crippen LogP contribution in [0.5, 0.6) is 0 Å². The van der Waals surface area contributed by atoms with Crippen LogP contribution in [0.25, 0.3) is 55.7 Å². The molecule has 0 saturated carbocycles. The van der Waals surface area contributed by atoms with E-state index in [-0.39, 0.29) is 0 Å². The van der Waals surface area contributed by atoms with Gasteiger partial charge in [-0.3, -0.25) is 0 Å². The molecule has 0 fully saturated rings. The molecule has 2 heterocycles. The van der Waals surface area contributed by atoms with E-state index in [1.807, 2.05) is 6.07 Å². The molecule has 6 aromatic rings. The number of aromatic nitrogens is 1. The van der Waals surface area contributed by atoms with E-state index in [1.165, 1.54) is 16.7 Å². The summed E-state index contributed by atoms with van der Waals surface area (Å²) in [5.74, 6) is 1.44. The van der Waals surface area contributed by atoms with Gasteiger partial charge in [0.1, 0.15) is 5.76 Å². The van der Waals surface area contributed by atoms with Crippen molar-refractivity contribution in [2.24, 2.45) is 5.92 Å². The SMILES string of the molecule is CC1C=Cc2oc3c(cc(Cl)c4c5ccccc5n(-c5ccc(-c6ccccc6)cc5)c34)c2C1. The van der Waals surface area contributed by atoms with Crippen molar-refractivity contribution in [2.75, 3.05) is 0 Å². The summed E-state index contributed by atoms with van der Waals surface area (Å²) in [4.78, 5) is 0. The highest BCUT2D eigenvalue weighted by Gasteiger charge is 2.25. The molecule has 2 nitrogen and oxygen atoms in total. The molecule has 1 aliphatic rings. The highest BCUT2D eigenvalue weighted by atomic mass is 35.5. The number of rotatable bonds is 2. The van der Waals surface area contributed by atoms with E-state index in [1.54, 1.807) is 0 Å². The first-order chi connectivity index (χ1) is 16.7. The lowest BCUT2D eigenvalue weighted by atomic mass is 9.93. The lowest BCUT2D eigenvalue weighted by Gasteiger charge is -2.11. The van der Waals surface area contributed by atoms with E-state index >= 15 is 0 Å². The molecule has 0 amide bonds. The summed E-state index contributed by atoms with van der Waals surface area (Å²) in [6, 6.07) is 29.8. The minimum absolute atomic E-state index is 0.485. The average molecular weight is 460 g/mol. The topological polar surface area (TPSA) is 18.1 Å². The first-order valence-electron chi connectivity index (χ1n) is 11.7. The highest BCUT2D eigenvalue weighted by Crippen LogP contribution is 2.44. The van der Waals surface area contributed by atoms with Crippen LogP contribution in [0.3, 0.4) is 0 Å². The van der Waals surface area contributed by atoms with Crippen LogP contribution < -0.4 is 0 Å². The molecule has 1 unspecified atom stereocenters. The maximum absolute atomic E-state index is 6.98. The van der Waals surface area contributed by atoms with Crippen LogP contribution >= 0.6 is 11.6 Å². The average Bonchev–Trinajstić information content (AvgIpc) is 3.41. The first kappa shape index (κ1) is 19.7. The maximum atomic E-state index is 6.98. The van der Waals surface area contributed by atoms with Crippen LogP contribution in [-0.2, 0) is 6.42 Å². The van der Waals surface area contributed by atoms with Gasteiger partial charge in [-0.2, -0.15) is 0 Å². The van der Waals surface area contributed by atoms with Gasteiger partial charge in [0.05, 0.1) is 16.1 Å². The summed E-state index contributed by atoms with van der Waals surface area (Å²) in [5, 5.41) is 4.06. The summed E-state index contributed by atoms with van der Waals surface area (Å²) in [7, 11) is 0. The number of nitrogens with zero attached hydrogens (tertiary/aromatic N) is 1.